The van der Waals surface area contributed by atoms with Crippen LogP contribution in [0.25, 0.3) is 10.9 Å². The SMILES string of the molecule is COc1cc(NC(=O)C(=O)c2cccc3c2cc(C)n3Cc2ccc(F)cc2Cl)ccn1. The highest BCUT2D eigenvalue weighted by Crippen LogP contribution is 2.27. The Balaban J connectivity index is 1.65. The lowest BCUT2D eigenvalue weighted by Gasteiger charge is -2.11. The fourth-order valence-electron chi connectivity index (χ4n) is 3.55. The van der Waals surface area contributed by atoms with Crippen molar-refractivity contribution in [2.45, 2.75) is 13.5 Å². The van der Waals surface area contributed by atoms with E-state index in [-0.39, 0.29) is 5.56 Å². The van der Waals surface area contributed by atoms with Gasteiger partial charge in [-0.1, -0.05) is 29.8 Å². The fraction of sp³-hybridized carbons (Fsp3) is 0.125. The lowest BCUT2D eigenvalue weighted by Crippen LogP contribution is -2.23. The number of benzene rings is 2. The number of aromatic nitrogens is 2. The molecule has 0 bridgehead atoms. The number of halogens is 2. The largest absolute Gasteiger partial charge is 0.481 e. The quantitative estimate of drug-likeness (QED) is 0.330. The number of amides is 1. The van der Waals surface area contributed by atoms with E-state index in [1.165, 1.54) is 31.5 Å². The predicted molar refractivity (Wildman–Crippen MR) is 121 cm³/mol. The Morgan fingerprint density at radius 2 is 1.97 bits per heavy atom. The van der Waals surface area contributed by atoms with Gasteiger partial charge >= 0.3 is 0 Å². The fourth-order valence-corrected chi connectivity index (χ4v) is 3.78. The number of ether oxygens (including phenoxy) is 1. The van der Waals surface area contributed by atoms with Crippen molar-refractivity contribution >= 4 is 39.9 Å². The van der Waals surface area contributed by atoms with Crippen molar-refractivity contribution in [2.24, 2.45) is 0 Å². The van der Waals surface area contributed by atoms with Crippen molar-refractivity contribution in [3.05, 3.63) is 88.5 Å². The molecule has 4 aromatic rings. The molecule has 32 heavy (non-hydrogen) atoms. The van der Waals surface area contributed by atoms with Gasteiger partial charge in [-0.15, -0.1) is 0 Å². The van der Waals surface area contributed by atoms with Crippen LogP contribution in [0.3, 0.4) is 0 Å². The maximum absolute atomic E-state index is 13.4. The average Bonchev–Trinajstić information content (AvgIpc) is 3.10. The molecule has 0 saturated carbocycles. The highest BCUT2D eigenvalue weighted by atomic mass is 35.5. The van der Waals surface area contributed by atoms with Crippen LogP contribution in [-0.4, -0.2) is 28.4 Å². The minimum absolute atomic E-state index is 0.285. The van der Waals surface area contributed by atoms with Gasteiger partial charge in [0.2, 0.25) is 5.88 Å². The number of nitrogens with one attached hydrogen (secondary N) is 1. The van der Waals surface area contributed by atoms with Crippen LogP contribution in [0.4, 0.5) is 10.1 Å². The molecule has 2 aromatic heterocycles. The molecule has 0 aliphatic heterocycles. The third-order valence-corrected chi connectivity index (χ3v) is 5.50. The minimum Gasteiger partial charge on any atom is -0.481 e. The first-order valence-corrected chi connectivity index (χ1v) is 10.1. The molecule has 0 unspecified atom stereocenters. The van der Waals surface area contributed by atoms with E-state index in [1.54, 1.807) is 24.3 Å². The van der Waals surface area contributed by atoms with E-state index >= 15 is 0 Å². The number of rotatable bonds is 6. The monoisotopic (exact) mass is 451 g/mol. The normalized spacial score (nSPS) is 10.9. The van der Waals surface area contributed by atoms with Gasteiger partial charge in [0.1, 0.15) is 5.82 Å². The van der Waals surface area contributed by atoms with Gasteiger partial charge in [0.05, 0.1) is 7.11 Å². The highest BCUT2D eigenvalue weighted by Gasteiger charge is 2.21. The number of methoxy groups -OCH3 is 1. The number of fused-ring (bicyclic) bond motifs is 1. The van der Waals surface area contributed by atoms with E-state index in [0.29, 0.717) is 28.5 Å². The summed E-state index contributed by atoms with van der Waals surface area (Å²) in [5, 5.41) is 3.56. The molecule has 6 nitrogen and oxygen atoms in total. The lowest BCUT2D eigenvalue weighted by molar-refractivity contribution is -0.112. The summed E-state index contributed by atoms with van der Waals surface area (Å²) in [4.78, 5) is 29.6. The van der Waals surface area contributed by atoms with Gasteiger partial charge in [0.15, 0.2) is 0 Å². The van der Waals surface area contributed by atoms with Crippen LogP contribution in [-0.2, 0) is 11.3 Å². The van der Waals surface area contributed by atoms with Crippen LogP contribution in [0.1, 0.15) is 21.6 Å². The van der Waals surface area contributed by atoms with Crippen molar-refractivity contribution in [3.8, 4) is 5.88 Å². The van der Waals surface area contributed by atoms with Crippen molar-refractivity contribution < 1.29 is 18.7 Å². The van der Waals surface area contributed by atoms with E-state index in [4.69, 9.17) is 16.3 Å². The Bertz CT molecular complexity index is 1350. The number of ketones is 1. The standard InChI is InChI=1S/C24H19ClFN3O3/c1-14-10-19-18(23(30)24(31)28-17-8-9-27-22(12-17)32-2)4-3-5-21(19)29(14)13-15-6-7-16(26)11-20(15)25/h3-12H,13H2,1-2H3,(H,27,28,31). The summed E-state index contributed by atoms with van der Waals surface area (Å²) in [5.41, 5.74) is 3.08. The molecule has 0 saturated heterocycles. The summed E-state index contributed by atoms with van der Waals surface area (Å²) in [6, 6.07) is 14.4. The minimum atomic E-state index is -0.766. The van der Waals surface area contributed by atoms with Crippen LogP contribution >= 0.6 is 11.6 Å². The van der Waals surface area contributed by atoms with Crippen LogP contribution in [0.2, 0.25) is 5.02 Å². The third kappa shape index (κ3) is 4.20. The van der Waals surface area contributed by atoms with E-state index < -0.39 is 17.5 Å². The van der Waals surface area contributed by atoms with E-state index in [1.807, 2.05) is 23.6 Å². The first-order valence-electron chi connectivity index (χ1n) is 9.76. The number of nitrogens with zero attached hydrogens (tertiary/aromatic N) is 2. The zero-order valence-electron chi connectivity index (χ0n) is 17.4. The number of hydrogen-bond acceptors (Lipinski definition) is 4. The van der Waals surface area contributed by atoms with Gasteiger partial charge in [0.25, 0.3) is 11.7 Å². The first-order chi connectivity index (χ1) is 15.4. The van der Waals surface area contributed by atoms with Gasteiger partial charge in [-0.3, -0.25) is 9.59 Å². The van der Waals surface area contributed by atoms with Crippen LogP contribution in [0, 0.1) is 12.7 Å². The Morgan fingerprint density at radius 3 is 2.72 bits per heavy atom. The zero-order chi connectivity index (χ0) is 22.8. The summed E-state index contributed by atoms with van der Waals surface area (Å²) < 4.78 is 20.4. The summed E-state index contributed by atoms with van der Waals surface area (Å²) in [5.74, 6) is -1.51. The summed E-state index contributed by atoms with van der Waals surface area (Å²) in [6.07, 6.45) is 1.48. The second-order valence-electron chi connectivity index (χ2n) is 7.22. The molecule has 4 rings (SSSR count). The number of carbonyl (C=O) groups excluding carboxylic acids is 2. The zero-order valence-corrected chi connectivity index (χ0v) is 18.1. The van der Waals surface area contributed by atoms with Gasteiger partial charge in [-0.2, -0.15) is 0 Å². The Hall–Kier alpha value is -3.71. The maximum Gasteiger partial charge on any atom is 0.296 e. The van der Waals surface area contributed by atoms with Crippen molar-refractivity contribution in [2.75, 3.05) is 12.4 Å². The Kier molecular flexibility index (Phi) is 5.92. The molecule has 0 spiro atoms. The van der Waals surface area contributed by atoms with E-state index in [9.17, 15) is 14.0 Å². The first kappa shape index (κ1) is 21.5. The second-order valence-corrected chi connectivity index (χ2v) is 7.62. The summed E-state index contributed by atoms with van der Waals surface area (Å²) in [6.45, 7) is 2.30. The maximum atomic E-state index is 13.4. The molecule has 162 valence electrons. The van der Waals surface area contributed by atoms with Crippen molar-refractivity contribution in [3.63, 3.8) is 0 Å². The van der Waals surface area contributed by atoms with Gasteiger partial charge in [-0.05, 0) is 42.8 Å². The molecule has 0 atom stereocenters. The third-order valence-electron chi connectivity index (χ3n) is 5.15. The van der Waals surface area contributed by atoms with Crippen LogP contribution in [0.15, 0.2) is 60.8 Å². The Labute approximate surface area is 188 Å². The predicted octanol–water partition coefficient (Wildman–Crippen LogP) is 5.02. The molecule has 1 amide bonds. The molecule has 1 N–H and O–H groups in total. The topological polar surface area (TPSA) is 73.2 Å². The smallest absolute Gasteiger partial charge is 0.296 e. The molecule has 8 heteroatoms. The number of carbonyl (C=O) groups is 2. The molecule has 2 heterocycles. The van der Waals surface area contributed by atoms with Gasteiger partial charge in [-0.25, -0.2) is 9.37 Å². The molecule has 2 aromatic carbocycles. The summed E-state index contributed by atoms with van der Waals surface area (Å²) >= 11 is 6.20. The van der Waals surface area contributed by atoms with Crippen molar-refractivity contribution in [1.29, 1.82) is 0 Å². The summed E-state index contributed by atoms with van der Waals surface area (Å²) in [7, 11) is 1.46. The van der Waals surface area contributed by atoms with Gasteiger partial charge in [0, 0.05) is 51.7 Å². The Morgan fingerprint density at radius 1 is 1.16 bits per heavy atom. The molecule has 0 radical (unpaired) electrons. The van der Waals surface area contributed by atoms with Gasteiger partial charge < -0.3 is 14.6 Å². The molecular weight excluding hydrogens is 433 g/mol. The van der Waals surface area contributed by atoms with E-state index in [0.717, 1.165) is 16.8 Å². The molecule has 0 aliphatic carbocycles. The second kappa shape index (κ2) is 8.80. The number of anilines is 1. The number of pyridine rings is 1. The van der Waals surface area contributed by atoms with Crippen molar-refractivity contribution in [1.82, 2.24) is 9.55 Å². The van der Waals surface area contributed by atoms with E-state index in [2.05, 4.69) is 10.3 Å². The molecule has 0 fully saturated rings. The number of hydrogen-bond donors (Lipinski definition) is 1. The lowest BCUT2D eigenvalue weighted by atomic mass is 10.1. The number of Topliss-reactive ketones (excluding diaryl/α,β-unsaturated/α-hetero) is 1. The van der Waals surface area contributed by atoms with Crippen LogP contribution in [0.5, 0.6) is 5.88 Å². The molecular formula is C24H19ClFN3O3. The highest BCUT2D eigenvalue weighted by molar-refractivity contribution is 6.48. The molecule has 0 aliphatic rings. The number of aryl methyl sites for hydroxylation is 1. The average molecular weight is 452 g/mol. The van der Waals surface area contributed by atoms with Crippen LogP contribution < -0.4 is 10.1 Å².